The summed E-state index contributed by atoms with van der Waals surface area (Å²) in [6.45, 7) is 5.30. The van der Waals surface area contributed by atoms with Gasteiger partial charge in [0.1, 0.15) is 13.2 Å². The van der Waals surface area contributed by atoms with Crippen molar-refractivity contribution in [3.8, 4) is 11.5 Å². The summed E-state index contributed by atoms with van der Waals surface area (Å²) in [5, 5.41) is 3.92. The molecule has 15 heavy (non-hydrogen) atoms. The summed E-state index contributed by atoms with van der Waals surface area (Å²) < 4.78 is 10.9. The fourth-order valence-electron chi connectivity index (χ4n) is 1.49. The number of hydrogen-bond acceptors (Lipinski definition) is 3. The summed E-state index contributed by atoms with van der Waals surface area (Å²) in [5.74, 6) is 1.48. The van der Waals surface area contributed by atoms with Crippen LogP contribution in [-0.2, 0) is 0 Å². The molecule has 0 spiro atoms. The Morgan fingerprint density at radius 2 is 1.80 bits per heavy atom. The standard InChI is InChI=1S/C11H14ClNO2/c1-7(2)13-9-6-11-10(5-8(9)12)14-3-4-15-11/h5-7,13H,3-4H2,1-2H3. The summed E-state index contributed by atoms with van der Waals surface area (Å²) in [5.41, 5.74) is 0.885. The minimum Gasteiger partial charge on any atom is -0.486 e. The fraction of sp³-hybridized carbons (Fsp3) is 0.455. The van der Waals surface area contributed by atoms with Crippen molar-refractivity contribution in [3.05, 3.63) is 17.2 Å². The third-order valence-electron chi connectivity index (χ3n) is 2.08. The number of hydrogen-bond donors (Lipinski definition) is 1. The van der Waals surface area contributed by atoms with Gasteiger partial charge in [-0.3, -0.25) is 0 Å². The molecule has 4 heteroatoms. The van der Waals surface area contributed by atoms with Crippen molar-refractivity contribution in [1.29, 1.82) is 0 Å². The van der Waals surface area contributed by atoms with E-state index in [2.05, 4.69) is 19.2 Å². The van der Waals surface area contributed by atoms with Crippen molar-refractivity contribution in [3.63, 3.8) is 0 Å². The van der Waals surface area contributed by atoms with Crippen molar-refractivity contribution in [2.24, 2.45) is 0 Å². The van der Waals surface area contributed by atoms with Crippen LogP contribution in [0.4, 0.5) is 5.69 Å². The van der Waals surface area contributed by atoms with Gasteiger partial charge in [0, 0.05) is 18.2 Å². The third kappa shape index (κ3) is 2.29. The Labute approximate surface area is 94.3 Å². The van der Waals surface area contributed by atoms with Gasteiger partial charge in [0.05, 0.1) is 10.7 Å². The van der Waals surface area contributed by atoms with Crippen LogP contribution in [0, 0.1) is 0 Å². The van der Waals surface area contributed by atoms with Crippen molar-refractivity contribution in [1.82, 2.24) is 0 Å². The Balaban J connectivity index is 2.32. The van der Waals surface area contributed by atoms with Crippen molar-refractivity contribution in [2.45, 2.75) is 19.9 Å². The Bertz CT molecular complexity index is 366. The maximum Gasteiger partial charge on any atom is 0.163 e. The van der Waals surface area contributed by atoms with Gasteiger partial charge in [-0.05, 0) is 13.8 Å². The summed E-state index contributed by atoms with van der Waals surface area (Å²) in [6, 6.07) is 4.02. The zero-order chi connectivity index (χ0) is 10.8. The van der Waals surface area contributed by atoms with Crippen LogP contribution < -0.4 is 14.8 Å². The molecule has 0 aliphatic carbocycles. The van der Waals surface area contributed by atoms with Gasteiger partial charge in [-0.15, -0.1) is 0 Å². The van der Waals surface area contributed by atoms with Crippen LogP contribution in [0.2, 0.25) is 5.02 Å². The molecular formula is C11H14ClNO2. The van der Waals surface area contributed by atoms with Gasteiger partial charge in [-0.2, -0.15) is 0 Å². The topological polar surface area (TPSA) is 30.5 Å². The number of nitrogens with one attached hydrogen (secondary N) is 1. The van der Waals surface area contributed by atoms with E-state index in [0.29, 0.717) is 24.3 Å². The van der Waals surface area contributed by atoms with E-state index in [0.717, 1.165) is 17.2 Å². The highest BCUT2D eigenvalue weighted by atomic mass is 35.5. The zero-order valence-electron chi connectivity index (χ0n) is 8.84. The number of ether oxygens (including phenoxy) is 2. The summed E-state index contributed by atoms with van der Waals surface area (Å²) >= 11 is 6.11. The number of benzene rings is 1. The third-order valence-corrected chi connectivity index (χ3v) is 2.39. The number of anilines is 1. The van der Waals surface area contributed by atoms with E-state index in [1.54, 1.807) is 6.07 Å². The first-order valence-corrected chi connectivity index (χ1v) is 5.40. The molecule has 1 aliphatic rings. The Morgan fingerprint density at radius 3 is 2.40 bits per heavy atom. The van der Waals surface area contributed by atoms with Crippen molar-refractivity contribution >= 4 is 17.3 Å². The summed E-state index contributed by atoms with van der Waals surface area (Å²) in [6.07, 6.45) is 0. The van der Waals surface area contributed by atoms with Gasteiger partial charge in [-0.1, -0.05) is 11.6 Å². The second-order valence-electron chi connectivity index (χ2n) is 3.77. The first-order chi connectivity index (χ1) is 7.16. The van der Waals surface area contributed by atoms with E-state index in [-0.39, 0.29) is 0 Å². The highest BCUT2D eigenvalue weighted by molar-refractivity contribution is 6.33. The predicted molar refractivity (Wildman–Crippen MR) is 61.2 cm³/mol. The van der Waals surface area contributed by atoms with E-state index >= 15 is 0 Å². The predicted octanol–water partition coefficient (Wildman–Crippen LogP) is 2.93. The van der Waals surface area contributed by atoms with E-state index in [1.165, 1.54) is 0 Å². The second-order valence-corrected chi connectivity index (χ2v) is 4.18. The summed E-state index contributed by atoms with van der Waals surface area (Å²) in [4.78, 5) is 0. The molecule has 0 saturated heterocycles. The van der Waals surface area contributed by atoms with Gasteiger partial charge < -0.3 is 14.8 Å². The smallest absolute Gasteiger partial charge is 0.163 e. The Kier molecular flexibility index (Phi) is 2.91. The number of fused-ring (bicyclic) bond motifs is 1. The average Bonchev–Trinajstić information content (AvgIpc) is 2.18. The fourth-order valence-corrected chi connectivity index (χ4v) is 1.69. The van der Waals surface area contributed by atoms with Gasteiger partial charge in [0.25, 0.3) is 0 Å². The molecule has 1 heterocycles. The molecular weight excluding hydrogens is 214 g/mol. The lowest BCUT2D eigenvalue weighted by atomic mass is 10.2. The number of rotatable bonds is 2. The van der Waals surface area contributed by atoms with Crippen LogP contribution in [0.3, 0.4) is 0 Å². The monoisotopic (exact) mass is 227 g/mol. The zero-order valence-corrected chi connectivity index (χ0v) is 9.60. The normalized spacial score (nSPS) is 14.1. The molecule has 0 radical (unpaired) electrons. The van der Waals surface area contributed by atoms with Crippen molar-refractivity contribution < 1.29 is 9.47 Å². The first-order valence-electron chi connectivity index (χ1n) is 5.02. The first kappa shape index (κ1) is 10.4. The molecule has 0 amide bonds. The van der Waals surface area contributed by atoms with Crippen LogP contribution in [0.1, 0.15) is 13.8 Å². The van der Waals surface area contributed by atoms with Crippen LogP contribution in [0.5, 0.6) is 11.5 Å². The largest absolute Gasteiger partial charge is 0.486 e. The molecule has 1 N–H and O–H groups in total. The molecule has 0 fully saturated rings. The molecule has 0 bridgehead atoms. The molecule has 0 aromatic heterocycles. The lowest BCUT2D eigenvalue weighted by molar-refractivity contribution is 0.171. The number of halogens is 1. The molecule has 0 saturated carbocycles. The molecule has 2 rings (SSSR count). The van der Waals surface area contributed by atoms with Gasteiger partial charge in [0.2, 0.25) is 0 Å². The van der Waals surface area contributed by atoms with E-state index in [1.807, 2.05) is 6.07 Å². The Morgan fingerprint density at radius 1 is 1.20 bits per heavy atom. The second kappa shape index (κ2) is 4.19. The van der Waals surface area contributed by atoms with E-state index in [4.69, 9.17) is 21.1 Å². The van der Waals surface area contributed by atoms with E-state index in [9.17, 15) is 0 Å². The molecule has 1 aromatic rings. The van der Waals surface area contributed by atoms with Gasteiger partial charge in [-0.25, -0.2) is 0 Å². The maximum absolute atomic E-state index is 6.11. The lowest BCUT2D eigenvalue weighted by Crippen LogP contribution is -2.16. The highest BCUT2D eigenvalue weighted by Gasteiger charge is 2.15. The minimum atomic E-state index is 0.338. The average molecular weight is 228 g/mol. The minimum absolute atomic E-state index is 0.338. The van der Waals surface area contributed by atoms with Gasteiger partial charge >= 0.3 is 0 Å². The summed E-state index contributed by atoms with van der Waals surface area (Å²) in [7, 11) is 0. The van der Waals surface area contributed by atoms with Gasteiger partial charge in [0.15, 0.2) is 11.5 Å². The van der Waals surface area contributed by atoms with Crippen LogP contribution in [0.15, 0.2) is 12.1 Å². The molecule has 0 unspecified atom stereocenters. The highest BCUT2D eigenvalue weighted by Crippen LogP contribution is 2.38. The lowest BCUT2D eigenvalue weighted by Gasteiger charge is -2.21. The molecule has 1 aliphatic heterocycles. The van der Waals surface area contributed by atoms with Crippen LogP contribution in [-0.4, -0.2) is 19.3 Å². The SMILES string of the molecule is CC(C)Nc1cc2c(cc1Cl)OCCO2. The van der Waals surface area contributed by atoms with Crippen LogP contribution >= 0.6 is 11.6 Å². The van der Waals surface area contributed by atoms with Crippen LogP contribution in [0.25, 0.3) is 0 Å². The quantitative estimate of drug-likeness (QED) is 0.843. The van der Waals surface area contributed by atoms with Crippen molar-refractivity contribution in [2.75, 3.05) is 18.5 Å². The molecule has 3 nitrogen and oxygen atoms in total. The van der Waals surface area contributed by atoms with E-state index < -0.39 is 0 Å². The molecule has 82 valence electrons. The molecule has 0 atom stereocenters. The Hall–Kier alpha value is -1.09. The molecule has 1 aromatic carbocycles. The maximum atomic E-state index is 6.11.